The number of morpholine rings is 1. The Morgan fingerprint density at radius 2 is 2.27 bits per heavy atom. The van der Waals surface area contributed by atoms with Gasteiger partial charge in [-0.05, 0) is 20.9 Å². The number of hydrogen-bond donors (Lipinski definition) is 1. The predicted octanol–water partition coefficient (Wildman–Crippen LogP) is 0.0879. The summed E-state index contributed by atoms with van der Waals surface area (Å²) in [5.41, 5.74) is -0.111. The van der Waals surface area contributed by atoms with Crippen molar-refractivity contribution >= 4 is 0 Å². The van der Waals surface area contributed by atoms with E-state index >= 15 is 0 Å². The lowest BCUT2D eigenvalue weighted by atomic mass is 10.1. The molecule has 0 aromatic rings. The van der Waals surface area contributed by atoms with Crippen molar-refractivity contribution in [3.05, 3.63) is 0 Å². The Morgan fingerprint density at radius 1 is 1.64 bits per heavy atom. The van der Waals surface area contributed by atoms with Crippen LogP contribution in [0.4, 0.5) is 0 Å². The van der Waals surface area contributed by atoms with Gasteiger partial charge in [-0.3, -0.25) is 0 Å². The Hall–Kier alpha value is -0.120. The number of hydrogen-bond acceptors (Lipinski definition) is 3. The number of aliphatic hydroxyl groups excluding tert-OH is 1. The van der Waals surface area contributed by atoms with Crippen LogP contribution in [0.2, 0.25) is 0 Å². The Morgan fingerprint density at radius 3 is 2.73 bits per heavy atom. The highest BCUT2D eigenvalue weighted by Gasteiger charge is 2.30. The van der Waals surface area contributed by atoms with Crippen LogP contribution in [0.1, 0.15) is 13.8 Å². The highest BCUT2D eigenvalue weighted by Crippen LogP contribution is 2.19. The van der Waals surface area contributed by atoms with Crippen LogP contribution >= 0.6 is 0 Å². The van der Waals surface area contributed by atoms with Crippen LogP contribution in [0, 0.1) is 0 Å². The average molecular weight is 159 g/mol. The molecule has 1 fully saturated rings. The molecule has 3 nitrogen and oxygen atoms in total. The molecule has 0 aliphatic carbocycles. The summed E-state index contributed by atoms with van der Waals surface area (Å²) in [4.78, 5) is 2.18. The first kappa shape index (κ1) is 8.97. The van der Waals surface area contributed by atoms with E-state index in [1.54, 1.807) is 0 Å². The Balaban J connectivity index is 2.51. The van der Waals surface area contributed by atoms with E-state index in [1.807, 2.05) is 20.9 Å². The molecule has 0 aromatic carbocycles. The fourth-order valence-electron chi connectivity index (χ4n) is 1.68. The van der Waals surface area contributed by atoms with Gasteiger partial charge in [0.1, 0.15) is 0 Å². The van der Waals surface area contributed by atoms with E-state index in [0.29, 0.717) is 0 Å². The Bertz CT molecular complexity index is 136. The number of likely N-dealkylation sites (N-methyl/N-ethyl adjacent to an activating group) is 1. The fourth-order valence-corrected chi connectivity index (χ4v) is 1.68. The zero-order chi connectivity index (χ0) is 8.48. The molecule has 0 amide bonds. The molecule has 1 unspecified atom stereocenters. The molecular weight excluding hydrogens is 142 g/mol. The lowest BCUT2D eigenvalue weighted by Crippen LogP contribution is -2.52. The van der Waals surface area contributed by atoms with Gasteiger partial charge in [0.25, 0.3) is 0 Å². The minimum atomic E-state index is -0.111. The van der Waals surface area contributed by atoms with Gasteiger partial charge in [-0.25, -0.2) is 0 Å². The van der Waals surface area contributed by atoms with Crippen LogP contribution in [-0.2, 0) is 4.74 Å². The van der Waals surface area contributed by atoms with E-state index in [2.05, 4.69) is 4.90 Å². The van der Waals surface area contributed by atoms with Crippen LogP contribution in [0.25, 0.3) is 0 Å². The number of aliphatic hydroxyl groups is 1. The maximum atomic E-state index is 8.89. The third-order valence-corrected chi connectivity index (χ3v) is 1.86. The molecule has 0 saturated carbocycles. The van der Waals surface area contributed by atoms with Crippen LogP contribution in [0.15, 0.2) is 0 Å². The van der Waals surface area contributed by atoms with Crippen molar-refractivity contribution in [2.24, 2.45) is 0 Å². The molecule has 0 radical (unpaired) electrons. The molecule has 1 aliphatic rings. The summed E-state index contributed by atoms with van der Waals surface area (Å²) in [6.07, 6.45) is -0.0104. The van der Waals surface area contributed by atoms with Crippen molar-refractivity contribution < 1.29 is 9.84 Å². The normalized spacial score (nSPS) is 32.2. The van der Waals surface area contributed by atoms with Crippen LogP contribution in [0.3, 0.4) is 0 Å². The molecule has 1 aliphatic heterocycles. The van der Waals surface area contributed by atoms with Crippen LogP contribution in [-0.4, -0.2) is 48.5 Å². The molecular formula is C8H17NO2. The molecule has 66 valence electrons. The quantitative estimate of drug-likeness (QED) is 0.588. The van der Waals surface area contributed by atoms with E-state index in [4.69, 9.17) is 9.84 Å². The summed E-state index contributed by atoms with van der Waals surface area (Å²) < 4.78 is 5.60. The van der Waals surface area contributed by atoms with E-state index < -0.39 is 0 Å². The van der Waals surface area contributed by atoms with Crippen molar-refractivity contribution in [3.8, 4) is 0 Å². The lowest BCUT2D eigenvalue weighted by molar-refractivity contribution is -0.143. The third kappa shape index (κ3) is 2.43. The zero-order valence-corrected chi connectivity index (χ0v) is 7.50. The number of rotatable bonds is 1. The second-order valence-corrected chi connectivity index (χ2v) is 3.88. The molecule has 1 saturated heterocycles. The van der Waals surface area contributed by atoms with Gasteiger partial charge in [0.2, 0.25) is 0 Å². The van der Waals surface area contributed by atoms with Crippen molar-refractivity contribution in [1.82, 2.24) is 4.90 Å². The van der Waals surface area contributed by atoms with E-state index in [-0.39, 0.29) is 18.3 Å². The van der Waals surface area contributed by atoms with Crippen molar-refractivity contribution in [1.29, 1.82) is 0 Å². The second-order valence-electron chi connectivity index (χ2n) is 3.88. The van der Waals surface area contributed by atoms with Gasteiger partial charge in [-0.15, -0.1) is 0 Å². The molecule has 1 heterocycles. The molecule has 0 bridgehead atoms. The highest BCUT2D eigenvalue weighted by atomic mass is 16.5. The summed E-state index contributed by atoms with van der Waals surface area (Å²) >= 11 is 0. The van der Waals surface area contributed by atoms with Crippen molar-refractivity contribution in [3.63, 3.8) is 0 Å². The zero-order valence-electron chi connectivity index (χ0n) is 7.50. The average Bonchev–Trinajstić information content (AvgIpc) is 1.83. The molecule has 1 rings (SSSR count). The van der Waals surface area contributed by atoms with Crippen molar-refractivity contribution in [2.75, 3.05) is 26.7 Å². The molecule has 0 spiro atoms. The van der Waals surface area contributed by atoms with Gasteiger partial charge >= 0.3 is 0 Å². The molecule has 11 heavy (non-hydrogen) atoms. The molecule has 0 aromatic heterocycles. The first-order chi connectivity index (χ1) is 5.03. The molecule has 1 N–H and O–H groups in total. The number of nitrogens with zero attached hydrogens (tertiary/aromatic N) is 1. The van der Waals surface area contributed by atoms with Gasteiger partial charge in [0.05, 0.1) is 18.3 Å². The van der Waals surface area contributed by atoms with Gasteiger partial charge in [-0.1, -0.05) is 0 Å². The third-order valence-electron chi connectivity index (χ3n) is 1.86. The van der Waals surface area contributed by atoms with E-state index in [1.165, 1.54) is 0 Å². The summed E-state index contributed by atoms with van der Waals surface area (Å²) in [6, 6.07) is 0. The minimum absolute atomic E-state index is 0.0104. The lowest BCUT2D eigenvalue weighted by Gasteiger charge is -2.40. The van der Waals surface area contributed by atoms with Crippen molar-refractivity contribution in [2.45, 2.75) is 25.6 Å². The predicted molar refractivity (Wildman–Crippen MR) is 43.5 cm³/mol. The van der Waals surface area contributed by atoms with Crippen LogP contribution in [0.5, 0.6) is 0 Å². The first-order valence-electron chi connectivity index (χ1n) is 4.01. The summed E-state index contributed by atoms with van der Waals surface area (Å²) in [5, 5.41) is 8.89. The van der Waals surface area contributed by atoms with Crippen LogP contribution < -0.4 is 0 Å². The van der Waals surface area contributed by atoms with Gasteiger partial charge in [-0.2, -0.15) is 0 Å². The van der Waals surface area contributed by atoms with E-state index in [9.17, 15) is 0 Å². The fraction of sp³-hybridized carbons (Fsp3) is 1.00. The maximum Gasteiger partial charge on any atom is 0.0940 e. The summed E-state index contributed by atoms with van der Waals surface area (Å²) in [6.45, 7) is 5.98. The Labute approximate surface area is 68.0 Å². The molecule has 1 atom stereocenters. The SMILES string of the molecule is CN1CC(CO)OC(C)(C)C1. The number of ether oxygens (including phenoxy) is 1. The monoisotopic (exact) mass is 159 g/mol. The smallest absolute Gasteiger partial charge is 0.0940 e. The largest absolute Gasteiger partial charge is 0.394 e. The highest BCUT2D eigenvalue weighted by molar-refractivity contribution is 4.81. The standard InChI is InChI=1S/C8H17NO2/c1-8(2)6-9(3)4-7(5-10)11-8/h7,10H,4-6H2,1-3H3. The Kier molecular flexibility index (Phi) is 2.52. The second kappa shape index (κ2) is 3.09. The minimum Gasteiger partial charge on any atom is -0.394 e. The summed E-state index contributed by atoms with van der Waals surface area (Å²) in [7, 11) is 2.05. The van der Waals surface area contributed by atoms with Gasteiger partial charge < -0.3 is 14.7 Å². The van der Waals surface area contributed by atoms with E-state index in [0.717, 1.165) is 13.1 Å². The summed E-state index contributed by atoms with van der Waals surface area (Å²) in [5.74, 6) is 0. The van der Waals surface area contributed by atoms with Gasteiger partial charge in [0, 0.05) is 13.1 Å². The topological polar surface area (TPSA) is 32.7 Å². The molecule has 3 heteroatoms. The van der Waals surface area contributed by atoms with Gasteiger partial charge in [0.15, 0.2) is 0 Å². The first-order valence-corrected chi connectivity index (χ1v) is 4.01. The maximum absolute atomic E-state index is 8.89.